The molecule has 0 aromatic carbocycles. The molecular weight excluding hydrogens is 355 g/mol. The summed E-state index contributed by atoms with van der Waals surface area (Å²) in [6.45, 7) is 7.01. The summed E-state index contributed by atoms with van der Waals surface area (Å²) in [5.74, 6) is 0.246. The maximum atomic E-state index is 11.3. The maximum absolute atomic E-state index is 11.3. The second kappa shape index (κ2) is 6.29. The third kappa shape index (κ3) is 4.01. The second-order valence-corrected chi connectivity index (χ2v) is 11.5. The topological polar surface area (TPSA) is 61.8 Å². The second-order valence-electron chi connectivity index (χ2n) is 6.11. The monoisotopic (exact) mass is 376 g/mol. The molecule has 2 aliphatic heterocycles. The first-order chi connectivity index (χ1) is 9.69. The van der Waals surface area contributed by atoms with Crippen LogP contribution in [-0.2, 0) is 9.53 Å². The quantitative estimate of drug-likeness (QED) is 0.574. The SMILES string of the molecule is C=C1NC(=O)C=CN1C1O[C@H](CCP(=C)(C)C)[C@@H](O)[C@H]1Br. The number of rotatable bonds is 4. The molecule has 4 atom stereocenters. The molecule has 1 fully saturated rings. The number of hydrogen-bond acceptors (Lipinski definition) is 4. The summed E-state index contributed by atoms with van der Waals surface area (Å²) in [5, 5.41) is 13.0. The van der Waals surface area contributed by atoms with E-state index in [-0.39, 0.29) is 23.1 Å². The van der Waals surface area contributed by atoms with Crippen molar-refractivity contribution in [1.29, 1.82) is 0 Å². The average molecular weight is 377 g/mol. The van der Waals surface area contributed by atoms with Crippen molar-refractivity contribution in [2.75, 3.05) is 19.5 Å². The van der Waals surface area contributed by atoms with Crippen LogP contribution < -0.4 is 5.32 Å². The molecule has 0 radical (unpaired) electrons. The minimum absolute atomic E-state index is 0.207. The van der Waals surface area contributed by atoms with E-state index in [1.165, 1.54) is 6.08 Å². The smallest absolute Gasteiger partial charge is 0.250 e. The molecule has 0 spiro atoms. The van der Waals surface area contributed by atoms with Crippen molar-refractivity contribution >= 4 is 35.0 Å². The summed E-state index contributed by atoms with van der Waals surface area (Å²) in [5.41, 5.74) is 0. The first-order valence-electron chi connectivity index (χ1n) is 6.80. The third-order valence-electron chi connectivity index (χ3n) is 3.55. The third-order valence-corrected chi connectivity index (χ3v) is 6.02. The van der Waals surface area contributed by atoms with E-state index in [2.05, 4.69) is 47.5 Å². The van der Waals surface area contributed by atoms with E-state index >= 15 is 0 Å². The standard InChI is InChI=1S/C14H22BrN2O3P/c1-9-16-11(18)5-7-17(9)14-12(15)13(19)10(20-14)6-8-21(2,3)4/h5,7,10,12-14,19H,1-2,6,8H2,3-4H3,(H,16,18)/t10-,12-,13-,14?/m1/s1. The van der Waals surface area contributed by atoms with Crippen LogP contribution in [0.1, 0.15) is 6.42 Å². The van der Waals surface area contributed by atoms with Gasteiger partial charge in [0.25, 0.3) is 5.91 Å². The van der Waals surface area contributed by atoms with Crippen LogP contribution in [0.2, 0.25) is 0 Å². The fourth-order valence-corrected chi connectivity index (χ4v) is 4.04. The zero-order valence-corrected chi connectivity index (χ0v) is 14.8. The Hall–Kier alpha value is -0.550. The number of alkyl halides is 1. The summed E-state index contributed by atoms with van der Waals surface area (Å²) in [7, 11) is 0. The van der Waals surface area contributed by atoms with Gasteiger partial charge < -0.3 is 20.1 Å². The molecule has 1 unspecified atom stereocenters. The fraction of sp³-hybridized carbons (Fsp3) is 0.571. The normalized spacial score (nSPS) is 33.4. The van der Waals surface area contributed by atoms with Crippen molar-refractivity contribution < 1.29 is 14.6 Å². The molecule has 5 nitrogen and oxygen atoms in total. The molecule has 0 aromatic rings. The molecule has 0 aromatic heterocycles. The molecule has 0 saturated carbocycles. The highest BCUT2D eigenvalue weighted by atomic mass is 79.9. The molecule has 2 N–H and O–H groups in total. The number of nitrogens with zero attached hydrogens (tertiary/aromatic N) is 1. The number of nitrogens with one attached hydrogen (secondary N) is 1. The summed E-state index contributed by atoms with van der Waals surface area (Å²) in [4.78, 5) is 12.8. The summed E-state index contributed by atoms with van der Waals surface area (Å²) >= 11 is 3.50. The van der Waals surface area contributed by atoms with Crippen LogP contribution in [0.15, 0.2) is 24.7 Å². The number of hydrogen-bond donors (Lipinski definition) is 2. The van der Waals surface area contributed by atoms with Gasteiger partial charge in [0.15, 0.2) is 6.23 Å². The molecule has 118 valence electrons. The highest BCUT2D eigenvalue weighted by Gasteiger charge is 2.45. The molecule has 2 aliphatic rings. The minimum Gasteiger partial charge on any atom is -0.389 e. The number of aliphatic hydroxyl groups excluding tert-OH is 1. The van der Waals surface area contributed by atoms with Gasteiger partial charge in [0.05, 0.1) is 17.0 Å². The highest BCUT2D eigenvalue weighted by molar-refractivity contribution is 9.09. The van der Waals surface area contributed by atoms with Crippen molar-refractivity contribution in [3.63, 3.8) is 0 Å². The Bertz CT molecular complexity index is 516. The van der Waals surface area contributed by atoms with Gasteiger partial charge in [0, 0.05) is 12.3 Å². The number of aliphatic hydroxyl groups is 1. The van der Waals surface area contributed by atoms with Gasteiger partial charge in [-0.2, -0.15) is 0 Å². The van der Waals surface area contributed by atoms with E-state index in [1.807, 2.05) is 0 Å². The lowest BCUT2D eigenvalue weighted by Gasteiger charge is -2.32. The number of carbonyl (C=O) groups excluding carboxylic acids is 1. The van der Waals surface area contributed by atoms with Gasteiger partial charge in [0.2, 0.25) is 0 Å². The van der Waals surface area contributed by atoms with Crippen LogP contribution in [0.3, 0.4) is 0 Å². The predicted octanol–water partition coefficient (Wildman–Crippen LogP) is 1.35. The lowest BCUT2D eigenvalue weighted by molar-refractivity contribution is -0.117. The van der Waals surface area contributed by atoms with Gasteiger partial charge >= 0.3 is 0 Å². The molecular formula is C14H22BrN2O3P. The van der Waals surface area contributed by atoms with E-state index in [0.717, 1.165) is 12.6 Å². The van der Waals surface area contributed by atoms with Crippen molar-refractivity contribution in [3.8, 4) is 0 Å². The maximum Gasteiger partial charge on any atom is 0.250 e. The van der Waals surface area contributed by atoms with E-state index in [1.54, 1.807) is 11.1 Å². The molecule has 1 amide bonds. The first kappa shape index (κ1) is 16.8. The fourth-order valence-electron chi connectivity index (χ4n) is 2.37. The van der Waals surface area contributed by atoms with E-state index in [4.69, 9.17) is 4.74 Å². The molecule has 1 saturated heterocycles. The van der Waals surface area contributed by atoms with Crippen molar-refractivity contribution in [1.82, 2.24) is 10.2 Å². The highest BCUT2D eigenvalue weighted by Crippen LogP contribution is 2.39. The first-order valence-corrected chi connectivity index (χ1v) is 10.8. The Kier molecular flexibility index (Phi) is 5.03. The summed E-state index contributed by atoms with van der Waals surface area (Å²) in [6.07, 6.45) is 7.76. The summed E-state index contributed by atoms with van der Waals surface area (Å²) in [6, 6.07) is 0. The Morgan fingerprint density at radius 1 is 1.57 bits per heavy atom. The van der Waals surface area contributed by atoms with Crippen LogP contribution in [-0.4, -0.2) is 65.0 Å². The Morgan fingerprint density at radius 3 is 2.81 bits per heavy atom. The Morgan fingerprint density at radius 2 is 2.24 bits per heavy atom. The van der Waals surface area contributed by atoms with E-state index < -0.39 is 13.0 Å². The molecule has 2 rings (SSSR count). The summed E-state index contributed by atoms with van der Waals surface area (Å²) < 4.78 is 5.98. The lowest BCUT2D eigenvalue weighted by atomic mass is 10.1. The molecule has 7 heteroatoms. The number of amides is 1. The van der Waals surface area contributed by atoms with E-state index in [9.17, 15) is 9.90 Å². The molecule has 0 aliphatic carbocycles. The van der Waals surface area contributed by atoms with Gasteiger partial charge in [-0.1, -0.05) is 22.5 Å². The van der Waals surface area contributed by atoms with Crippen LogP contribution in [0, 0.1) is 0 Å². The van der Waals surface area contributed by atoms with Crippen LogP contribution in [0.5, 0.6) is 0 Å². The van der Waals surface area contributed by atoms with Crippen molar-refractivity contribution in [2.45, 2.75) is 29.7 Å². The molecule has 2 heterocycles. The average Bonchev–Trinajstić information content (AvgIpc) is 2.64. The van der Waals surface area contributed by atoms with Crippen molar-refractivity contribution in [2.24, 2.45) is 0 Å². The minimum atomic E-state index is -1.15. The van der Waals surface area contributed by atoms with Gasteiger partial charge in [-0.15, -0.1) is 13.2 Å². The number of halogens is 1. The van der Waals surface area contributed by atoms with Crippen LogP contribution in [0.4, 0.5) is 0 Å². The predicted molar refractivity (Wildman–Crippen MR) is 91.0 cm³/mol. The van der Waals surface area contributed by atoms with Crippen LogP contribution in [0.25, 0.3) is 0 Å². The molecule has 21 heavy (non-hydrogen) atoms. The number of carbonyl (C=O) groups is 1. The van der Waals surface area contributed by atoms with Gasteiger partial charge in [-0.25, -0.2) is 0 Å². The van der Waals surface area contributed by atoms with Gasteiger partial charge in [0.1, 0.15) is 5.82 Å². The number of ether oxygens (including phenoxy) is 1. The largest absolute Gasteiger partial charge is 0.389 e. The molecule has 0 bridgehead atoms. The lowest BCUT2D eigenvalue weighted by Crippen LogP contribution is -2.44. The van der Waals surface area contributed by atoms with E-state index in [0.29, 0.717) is 5.82 Å². The zero-order valence-electron chi connectivity index (χ0n) is 12.3. The zero-order chi connectivity index (χ0) is 15.8. The van der Waals surface area contributed by atoms with Crippen LogP contribution >= 0.6 is 22.8 Å². The Labute approximate surface area is 134 Å². The van der Waals surface area contributed by atoms with Gasteiger partial charge in [-0.3, -0.25) is 4.79 Å². The van der Waals surface area contributed by atoms with Crippen molar-refractivity contribution in [3.05, 3.63) is 24.7 Å². The Balaban J connectivity index is 2.06. The van der Waals surface area contributed by atoms with Gasteiger partial charge in [-0.05, 0) is 25.9 Å².